The second kappa shape index (κ2) is 6.56. The van der Waals surface area contributed by atoms with Crippen LogP contribution in [0.5, 0.6) is 0 Å². The number of aromatic nitrogens is 4. The molecule has 2 aromatic heterocycles. The van der Waals surface area contributed by atoms with E-state index < -0.39 is 11.9 Å². The monoisotopic (exact) mass is 300 g/mol. The van der Waals surface area contributed by atoms with Gasteiger partial charge in [-0.05, 0) is 12.1 Å². The topological polar surface area (TPSA) is 43.6 Å². The van der Waals surface area contributed by atoms with Crippen LogP contribution < -0.4 is 0 Å². The fourth-order valence-corrected chi connectivity index (χ4v) is 2.36. The van der Waals surface area contributed by atoms with E-state index in [0.717, 1.165) is 5.56 Å². The highest BCUT2D eigenvalue weighted by Crippen LogP contribution is 2.24. The molecule has 4 nitrogen and oxygen atoms in total. The molecule has 0 radical (unpaired) electrons. The Labute approximate surface area is 117 Å². The van der Waals surface area contributed by atoms with Crippen LogP contribution in [0.15, 0.2) is 41.6 Å². The summed E-state index contributed by atoms with van der Waals surface area (Å²) in [7, 11) is 1.76. The number of nitrogens with zero attached hydrogens (tertiary/aromatic N) is 4. The van der Waals surface area contributed by atoms with Gasteiger partial charge in [-0.3, -0.25) is 4.98 Å². The maximum Gasteiger partial charge on any atom is 0.301 e. The Kier molecular flexibility index (Phi) is 4.78. The molecule has 0 aliphatic rings. The van der Waals surface area contributed by atoms with E-state index in [9.17, 15) is 13.2 Å². The first-order chi connectivity index (χ1) is 9.59. The van der Waals surface area contributed by atoms with Crippen LogP contribution >= 0.6 is 11.8 Å². The second-order valence-electron chi connectivity index (χ2n) is 3.87. The van der Waals surface area contributed by atoms with Crippen LogP contribution in [0.1, 0.15) is 6.42 Å². The number of hydrogen-bond donors (Lipinski definition) is 0. The first-order valence-electron chi connectivity index (χ1n) is 5.72. The minimum absolute atomic E-state index is 0.169. The average molecular weight is 300 g/mol. The van der Waals surface area contributed by atoms with Gasteiger partial charge in [0.05, 0.1) is 0 Å². The lowest BCUT2D eigenvalue weighted by Gasteiger charge is -2.03. The van der Waals surface area contributed by atoms with E-state index in [0.29, 0.717) is 11.0 Å². The minimum atomic E-state index is -2.26. The molecule has 0 N–H and O–H groups in total. The van der Waals surface area contributed by atoms with Gasteiger partial charge in [0, 0.05) is 37.2 Å². The molecule has 106 valence electrons. The van der Waals surface area contributed by atoms with Crippen molar-refractivity contribution in [1.82, 2.24) is 19.7 Å². The van der Waals surface area contributed by atoms with Crippen LogP contribution in [0.2, 0.25) is 0 Å². The Hall–Kier alpha value is -1.83. The summed E-state index contributed by atoms with van der Waals surface area (Å²) in [6, 6.07) is 3.62. The first-order valence-corrected chi connectivity index (χ1v) is 6.70. The lowest BCUT2D eigenvalue weighted by Crippen LogP contribution is -1.95. The molecule has 0 bridgehead atoms. The van der Waals surface area contributed by atoms with Gasteiger partial charge in [-0.15, -0.1) is 10.2 Å². The Balaban J connectivity index is 2.05. The smallest absolute Gasteiger partial charge is 0.301 e. The van der Waals surface area contributed by atoms with E-state index in [1.54, 1.807) is 30.1 Å². The number of pyridine rings is 1. The third-order valence-electron chi connectivity index (χ3n) is 2.51. The van der Waals surface area contributed by atoms with Crippen LogP contribution in [-0.4, -0.2) is 25.5 Å². The van der Waals surface area contributed by atoms with Crippen molar-refractivity contribution in [2.45, 2.75) is 11.6 Å². The van der Waals surface area contributed by atoms with Gasteiger partial charge in [-0.25, -0.2) is 4.39 Å². The van der Waals surface area contributed by atoms with E-state index in [2.05, 4.69) is 15.2 Å². The van der Waals surface area contributed by atoms with Crippen molar-refractivity contribution < 1.29 is 13.2 Å². The second-order valence-corrected chi connectivity index (χ2v) is 4.93. The summed E-state index contributed by atoms with van der Waals surface area (Å²) >= 11 is 1.17. The van der Waals surface area contributed by atoms with Gasteiger partial charge in [0.2, 0.25) is 0 Å². The standard InChI is InChI=1S/C12H11F3N4S/c1-19-11(8-3-2-5-16-7-8)17-18-12(19)20-6-4-9(13)10(14)15/h2-3,5,7H,4,6H2,1H3. The van der Waals surface area contributed by atoms with Gasteiger partial charge >= 0.3 is 6.08 Å². The van der Waals surface area contributed by atoms with Gasteiger partial charge in [-0.1, -0.05) is 11.8 Å². The van der Waals surface area contributed by atoms with E-state index in [1.807, 2.05) is 6.07 Å². The molecule has 0 saturated carbocycles. The lowest BCUT2D eigenvalue weighted by molar-refractivity contribution is 0.373. The first kappa shape index (κ1) is 14.6. The Bertz CT molecular complexity index is 608. The number of halogens is 3. The molecule has 0 saturated heterocycles. The molecule has 0 unspecified atom stereocenters. The third-order valence-corrected chi connectivity index (χ3v) is 3.53. The largest absolute Gasteiger partial charge is 0.305 e. The summed E-state index contributed by atoms with van der Waals surface area (Å²) in [6.45, 7) is 0. The summed E-state index contributed by atoms with van der Waals surface area (Å²) in [5.74, 6) is -0.595. The molecular formula is C12H11F3N4S. The normalized spacial score (nSPS) is 10.6. The fourth-order valence-electron chi connectivity index (χ4n) is 1.51. The summed E-state index contributed by atoms with van der Waals surface area (Å²) in [6.07, 6.45) is 0.706. The number of hydrogen-bond acceptors (Lipinski definition) is 4. The lowest BCUT2D eigenvalue weighted by atomic mass is 10.3. The summed E-state index contributed by atoms with van der Waals surface area (Å²) in [4.78, 5) is 3.99. The molecular weight excluding hydrogens is 289 g/mol. The molecule has 2 rings (SSSR count). The zero-order valence-electron chi connectivity index (χ0n) is 10.6. The van der Waals surface area contributed by atoms with Crippen LogP contribution in [0.25, 0.3) is 11.4 Å². The van der Waals surface area contributed by atoms with E-state index >= 15 is 0 Å². The Morgan fingerprint density at radius 3 is 2.75 bits per heavy atom. The van der Waals surface area contributed by atoms with Gasteiger partial charge in [0.25, 0.3) is 0 Å². The number of thioether (sulfide) groups is 1. The molecule has 20 heavy (non-hydrogen) atoms. The van der Waals surface area contributed by atoms with Crippen molar-refractivity contribution in [2.75, 3.05) is 5.75 Å². The SMILES string of the molecule is Cn1c(SCCC(F)=C(F)F)nnc1-c1cccnc1. The summed E-state index contributed by atoms with van der Waals surface area (Å²) < 4.78 is 38.2. The quantitative estimate of drug-likeness (QED) is 0.793. The molecule has 0 aliphatic heterocycles. The highest BCUT2D eigenvalue weighted by Gasteiger charge is 2.12. The molecule has 0 amide bonds. The molecule has 0 aliphatic carbocycles. The summed E-state index contributed by atoms with van der Waals surface area (Å²) in [5, 5.41) is 8.51. The van der Waals surface area contributed by atoms with Crippen LogP contribution in [0, 0.1) is 0 Å². The minimum Gasteiger partial charge on any atom is -0.305 e. The number of rotatable bonds is 5. The van der Waals surface area contributed by atoms with Crippen molar-refractivity contribution in [2.24, 2.45) is 7.05 Å². The molecule has 2 heterocycles. The molecule has 8 heteroatoms. The number of allylic oxidation sites excluding steroid dienone is 1. The van der Waals surface area contributed by atoms with Crippen molar-refractivity contribution in [1.29, 1.82) is 0 Å². The zero-order chi connectivity index (χ0) is 14.5. The molecule has 0 aromatic carbocycles. The van der Waals surface area contributed by atoms with Crippen LogP contribution in [0.3, 0.4) is 0 Å². The highest BCUT2D eigenvalue weighted by atomic mass is 32.2. The Morgan fingerprint density at radius 1 is 1.30 bits per heavy atom. The Morgan fingerprint density at radius 2 is 2.10 bits per heavy atom. The van der Waals surface area contributed by atoms with Crippen molar-refractivity contribution in [3.05, 3.63) is 36.4 Å². The van der Waals surface area contributed by atoms with Crippen molar-refractivity contribution in [3.8, 4) is 11.4 Å². The van der Waals surface area contributed by atoms with Crippen molar-refractivity contribution >= 4 is 11.8 Å². The highest BCUT2D eigenvalue weighted by molar-refractivity contribution is 7.99. The maximum atomic E-state index is 12.7. The van der Waals surface area contributed by atoms with Crippen LogP contribution in [-0.2, 0) is 7.05 Å². The summed E-state index contributed by atoms with van der Waals surface area (Å²) in [5.41, 5.74) is 0.801. The van der Waals surface area contributed by atoms with Gasteiger partial charge < -0.3 is 4.57 Å². The zero-order valence-corrected chi connectivity index (χ0v) is 11.4. The fraction of sp³-hybridized carbons (Fsp3) is 0.250. The molecule has 0 atom stereocenters. The van der Waals surface area contributed by atoms with E-state index in [-0.39, 0.29) is 12.2 Å². The van der Waals surface area contributed by atoms with E-state index in [4.69, 9.17) is 0 Å². The molecule has 0 fully saturated rings. The molecule has 2 aromatic rings. The van der Waals surface area contributed by atoms with Crippen molar-refractivity contribution in [3.63, 3.8) is 0 Å². The third kappa shape index (κ3) is 3.38. The van der Waals surface area contributed by atoms with Gasteiger partial charge in [0.15, 0.2) is 16.8 Å². The van der Waals surface area contributed by atoms with Gasteiger partial charge in [0.1, 0.15) is 0 Å². The molecule has 0 spiro atoms. The van der Waals surface area contributed by atoms with Gasteiger partial charge in [-0.2, -0.15) is 8.78 Å². The maximum absolute atomic E-state index is 12.7. The van der Waals surface area contributed by atoms with E-state index in [1.165, 1.54) is 11.8 Å². The predicted octanol–water partition coefficient (Wildman–Crippen LogP) is 3.44. The predicted molar refractivity (Wildman–Crippen MR) is 69.9 cm³/mol. The average Bonchev–Trinajstić information content (AvgIpc) is 2.81. The van der Waals surface area contributed by atoms with Crippen LogP contribution in [0.4, 0.5) is 13.2 Å².